The zero-order chi connectivity index (χ0) is 19.1. The lowest BCUT2D eigenvalue weighted by molar-refractivity contribution is -0.142. The Bertz CT molecular complexity index is 884. The number of carbonyl (C=O) groups is 2. The zero-order valence-corrected chi connectivity index (χ0v) is 15.3. The highest BCUT2D eigenvalue weighted by Gasteiger charge is 2.14. The molecule has 0 spiro atoms. The van der Waals surface area contributed by atoms with Gasteiger partial charge in [-0.05, 0) is 22.6 Å². The van der Waals surface area contributed by atoms with Gasteiger partial charge in [0, 0.05) is 5.56 Å². The Morgan fingerprint density at radius 1 is 0.778 bits per heavy atom. The highest BCUT2D eigenvalue weighted by molar-refractivity contribution is 5.98. The molecule has 0 N–H and O–H groups in total. The molecule has 136 valence electrons. The highest BCUT2D eigenvalue weighted by atomic mass is 16.5. The number of hydrogen-bond donors (Lipinski definition) is 0. The van der Waals surface area contributed by atoms with E-state index in [9.17, 15) is 9.59 Å². The molecule has 3 aromatic rings. The summed E-state index contributed by atoms with van der Waals surface area (Å²) in [6, 6.07) is 27.1. The molecule has 0 fully saturated rings. The standard InChI is InChI=1S/C24H22O3/c1-18(19-8-4-2-5-9-19)16-24(26)27-17-23(25)22-14-12-21(13-15-22)20-10-6-3-7-11-20/h2-15,18H,16-17H2,1H3/t18-/m1/s1. The number of benzene rings is 3. The Hall–Kier alpha value is -3.20. The first kappa shape index (κ1) is 18.6. The summed E-state index contributed by atoms with van der Waals surface area (Å²) in [6.45, 7) is 1.74. The van der Waals surface area contributed by atoms with Crippen molar-refractivity contribution in [1.82, 2.24) is 0 Å². The van der Waals surface area contributed by atoms with Gasteiger partial charge < -0.3 is 4.74 Å². The molecule has 27 heavy (non-hydrogen) atoms. The van der Waals surface area contributed by atoms with E-state index in [0.29, 0.717) is 5.56 Å². The Balaban J connectivity index is 1.52. The second-order valence-electron chi connectivity index (χ2n) is 6.54. The maximum atomic E-state index is 12.3. The number of rotatable bonds is 7. The van der Waals surface area contributed by atoms with E-state index in [0.717, 1.165) is 16.7 Å². The van der Waals surface area contributed by atoms with Crippen LogP contribution in [0.25, 0.3) is 11.1 Å². The minimum atomic E-state index is -0.361. The molecule has 0 saturated carbocycles. The van der Waals surface area contributed by atoms with E-state index in [1.165, 1.54) is 0 Å². The smallest absolute Gasteiger partial charge is 0.306 e. The minimum Gasteiger partial charge on any atom is -0.457 e. The van der Waals surface area contributed by atoms with Crippen molar-refractivity contribution in [3.63, 3.8) is 0 Å². The van der Waals surface area contributed by atoms with Crippen LogP contribution in [-0.2, 0) is 9.53 Å². The summed E-state index contributed by atoms with van der Waals surface area (Å²) in [5.74, 6) is -0.505. The first-order valence-corrected chi connectivity index (χ1v) is 9.03. The average Bonchev–Trinajstić information content (AvgIpc) is 2.73. The van der Waals surface area contributed by atoms with Crippen LogP contribution in [0.2, 0.25) is 0 Å². The molecule has 0 radical (unpaired) electrons. The van der Waals surface area contributed by atoms with Gasteiger partial charge >= 0.3 is 5.97 Å². The number of esters is 1. The monoisotopic (exact) mass is 358 g/mol. The fourth-order valence-electron chi connectivity index (χ4n) is 2.92. The third kappa shape index (κ3) is 5.14. The van der Waals surface area contributed by atoms with Crippen molar-refractivity contribution in [2.45, 2.75) is 19.3 Å². The quantitative estimate of drug-likeness (QED) is 0.427. The molecule has 0 heterocycles. The lowest BCUT2D eigenvalue weighted by Crippen LogP contribution is -2.15. The van der Waals surface area contributed by atoms with Gasteiger partial charge in [0.05, 0.1) is 6.42 Å². The van der Waals surface area contributed by atoms with Crippen molar-refractivity contribution < 1.29 is 14.3 Å². The maximum absolute atomic E-state index is 12.3. The van der Waals surface area contributed by atoms with Gasteiger partial charge in [0.1, 0.15) is 0 Å². The number of hydrogen-bond acceptors (Lipinski definition) is 3. The van der Waals surface area contributed by atoms with Crippen LogP contribution < -0.4 is 0 Å². The summed E-state index contributed by atoms with van der Waals surface area (Å²) in [4.78, 5) is 24.3. The Morgan fingerprint density at radius 3 is 1.96 bits per heavy atom. The van der Waals surface area contributed by atoms with E-state index < -0.39 is 0 Å². The largest absolute Gasteiger partial charge is 0.457 e. The fourth-order valence-corrected chi connectivity index (χ4v) is 2.92. The van der Waals surface area contributed by atoms with Gasteiger partial charge in [-0.25, -0.2) is 0 Å². The number of ether oxygens (including phenoxy) is 1. The lowest BCUT2D eigenvalue weighted by atomic mass is 9.98. The van der Waals surface area contributed by atoms with Crippen LogP contribution in [0.15, 0.2) is 84.9 Å². The van der Waals surface area contributed by atoms with E-state index in [1.54, 1.807) is 12.1 Å². The molecule has 0 bridgehead atoms. The van der Waals surface area contributed by atoms with Crippen LogP contribution in [0.4, 0.5) is 0 Å². The second-order valence-corrected chi connectivity index (χ2v) is 6.54. The molecule has 0 aliphatic heterocycles. The SMILES string of the molecule is C[C@H](CC(=O)OCC(=O)c1ccc(-c2ccccc2)cc1)c1ccccc1. The fraction of sp³-hybridized carbons (Fsp3) is 0.167. The summed E-state index contributed by atoms with van der Waals surface area (Å²) < 4.78 is 5.18. The van der Waals surface area contributed by atoms with Crippen LogP contribution >= 0.6 is 0 Å². The summed E-state index contributed by atoms with van der Waals surface area (Å²) in [6.07, 6.45) is 0.254. The van der Waals surface area contributed by atoms with Crippen molar-refractivity contribution in [3.8, 4) is 11.1 Å². The summed E-state index contributed by atoms with van der Waals surface area (Å²) in [7, 11) is 0. The minimum absolute atomic E-state index is 0.0546. The molecule has 0 aromatic heterocycles. The van der Waals surface area contributed by atoms with Gasteiger partial charge in [-0.2, -0.15) is 0 Å². The van der Waals surface area contributed by atoms with Crippen molar-refractivity contribution in [2.75, 3.05) is 6.61 Å². The molecule has 0 amide bonds. The third-order valence-corrected chi connectivity index (χ3v) is 4.52. The Kier molecular flexibility index (Phi) is 6.16. The summed E-state index contributed by atoms with van der Waals surface area (Å²) in [5.41, 5.74) is 3.76. The number of carbonyl (C=O) groups excluding carboxylic acids is 2. The van der Waals surface area contributed by atoms with Crippen LogP contribution in [0, 0.1) is 0 Å². The molecule has 0 unspecified atom stereocenters. The van der Waals surface area contributed by atoms with Crippen LogP contribution in [0.5, 0.6) is 0 Å². The van der Waals surface area contributed by atoms with Crippen molar-refractivity contribution >= 4 is 11.8 Å². The molecule has 3 rings (SSSR count). The molecule has 3 nitrogen and oxygen atoms in total. The topological polar surface area (TPSA) is 43.4 Å². The number of Topliss-reactive ketones (excluding diaryl/α,β-unsaturated/α-hetero) is 1. The van der Waals surface area contributed by atoms with Crippen LogP contribution in [0.1, 0.15) is 35.2 Å². The predicted octanol–water partition coefficient (Wildman–Crippen LogP) is 5.27. The molecular weight excluding hydrogens is 336 g/mol. The second kappa shape index (κ2) is 8.95. The molecule has 3 aromatic carbocycles. The normalized spacial score (nSPS) is 11.6. The molecule has 0 aliphatic rings. The zero-order valence-electron chi connectivity index (χ0n) is 15.3. The molecule has 0 aliphatic carbocycles. The van der Waals surface area contributed by atoms with Gasteiger partial charge in [-0.1, -0.05) is 91.9 Å². The third-order valence-electron chi connectivity index (χ3n) is 4.52. The summed E-state index contributed by atoms with van der Waals surface area (Å²) >= 11 is 0. The Labute approximate surface area is 159 Å². The van der Waals surface area contributed by atoms with Gasteiger partial charge in [-0.3, -0.25) is 9.59 Å². The molecule has 1 atom stereocenters. The molecule has 0 saturated heterocycles. The highest BCUT2D eigenvalue weighted by Crippen LogP contribution is 2.20. The van der Waals surface area contributed by atoms with E-state index in [4.69, 9.17) is 4.74 Å². The van der Waals surface area contributed by atoms with Crippen LogP contribution in [0.3, 0.4) is 0 Å². The van der Waals surface area contributed by atoms with Crippen molar-refractivity contribution in [1.29, 1.82) is 0 Å². The first-order valence-electron chi connectivity index (χ1n) is 9.03. The average molecular weight is 358 g/mol. The van der Waals surface area contributed by atoms with Gasteiger partial charge in [0.25, 0.3) is 0 Å². The molecular formula is C24H22O3. The van der Waals surface area contributed by atoms with E-state index in [1.807, 2.05) is 79.7 Å². The molecule has 3 heteroatoms. The predicted molar refractivity (Wildman–Crippen MR) is 107 cm³/mol. The van der Waals surface area contributed by atoms with Crippen molar-refractivity contribution in [3.05, 3.63) is 96.1 Å². The van der Waals surface area contributed by atoms with Gasteiger partial charge in [0.2, 0.25) is 0 Å². The van der Waals surface area contributed by atoms with E-state index in [2.05, 4.69) is 0 Å². The number of ketones is 1. The van der Waals surface area contributed by atoms with E-state index >= 15 is 0 Å². The lowest BCUT2D eigenvalue weighted by Gasteiger charge is -2.11. The summed E-state index contributed by atoms with van der Waals surface area (Å²) in [5, 5.41) is 0. The van der Waals surface area contributed by atoms with Crippen LogP contribution in [-0.4, -0.2) is 18.4 Å². The van der Waals surface area contributed by atoms with Gasteiger partial charge in [0.15, 0.2) is 12.4 Å². The maximum Gasteiger partial charge on any atom is 0.306 e. The van der Waals surface area contributed by atoms with Crippen molar-refractivity contribution in [2.24, 2.45) is 0 Å². The Morgan fingerprint density at radius 2 is 1.33 bits per heavy atom. The first-order chi connectivity index (χ1) is 13.1. The van der Waals surface area contributed by atoms with Gasteiger partial charge in [-0.15, -0.1) is 0 Å². The van der Waals surface area contributed by atoms with E-state index in [-0.39, 0.29) is 30.7 Å².